The Kier molecular flexibility index (Phi) is 2.97. The van der Waals surface area contributed by atoms with Gasteiger partial charge in [-0.15, -0.1) is 4.57 Å². The van der Waals surface area contributed by atoms with E-state index < -0.39 is 0 Å². The van der Waals surface area contributed by atoms with Gasteiger partial charge in [-0.1, -0.05) is 6.92 Å². The Morgan fingerprint density at radius 1 is 1.54 bits per heavy atom. The quantitative estimate of drug-likeness (QED) is 0.406. The lowest BCUT2D eigenvalue weighted by atomic mass is 10.2. The van der Waals surface area contributed by atoms with Crippen molar-refractivity contribution in [3.8, 4) is 6.07 Å². The van der Waals surface area contributed by atoms with E-state index in [0.29, 0.717) is 0 Å². The number of hydrogen-bond acceptors (Lipinski definition) is 2. The zero-order valence-electron chi connectivity index (χ0n) is 7.41. The smallest absolute Gasteiger partial charge is 0.252 e. The Balaban J connectivity index is 3.07. The average Bonchev–Trinajstić information content (AvgIpc) is 2.21. The van der Waals surface area contributed by atoms with Crippen molar-refractivity contribution in [1.82, 2.24) is 0 Å². The maximum absolute atomic E-state index is 8.62. The lowest BCUT2D eigenvalue weighted by Crippen LogP contribution is -2.30. The highest BCUT2D eigenvalue weighted by Gasteiger charge is 2.06. The molecule has 0 saturated heterocycles. The van der Waals surface area contributed by atoms with Gasteiger partial charge in [-0.3, -0.25) is 5.41 Å². The van der Waals surface area contributed by atoms with Crippen LogP contribution in [0.2, 0.25) is 0 Å². The van der Waals surface area contributed by atoms with Gasteiger partial charge in [0, 0.05) is 12.1 Å². The zero-order valence-corrected chi connectivity index (χ0v) is 7.41. The predicted molar refractivity (Wildman–Crippen MR) is 49.1 cm³/mol. The molecule has 64 valence electrons. The molecule has 0 atom stereocenters. The Morgan fingerprint density at radius 2 is 2.15 bits per heavy atom. The first-order chi connectivity index (χ1) is 6.31. The second-order valence-electron chi connectivity index (χ2n) is 2.55. The molecular formula is C10H10N3+. The Morgan fingerprint density at radius 3 is 2.54 bits per heavy atom. The maximum atomic E-state index is 8.62. The minimum Gasteiger partial charge on any atom is -0.252 e. The van der Waals surface area contributed by atoms with Gasteiger partial charge in [0.25, 0.3) is 0 Å². The topological polar surface area (TPSA) is 51.5 Å². The fraction of sp³-hybridized carbons (Fsp3) is 0.200. The van der Waals surface area contributed by atoms with Crippen molar-refractivity contribution in [2.75, 3.05) is 0 Å². The first kappa shape index (κ1) is 9.18. The highest BCUT2D eigenvalue weighted by Crippen LogP contribution is 1.96. The van der Waals surface area contributed by atoms with Crippen molar-refractivity contribution < 1.29 is 4.57 Å². The van der Waals surface area contributed by atoms with E-state index in [1.54, 1.807) is 17.0 Å². The summed E-state index contributed by atoms with van der Waals surface area (Å²) in [6.07, 6.45) is 4.49. The normalized spacial score (nSPS) is 8.62. The van der Waals surface area contributed by atoms with E-state index in [4.69, 9.17) is 10.7 Å². The third-order valence-electron chi connectivity index (χ3n) is 1.79. The van der Waals surface area contributed by atoms with E-state index in [0.717, 1.165) is 6.42 Å². The van der Waals surface area contributed by atoms with E-state index in [1.807, 2.05) is 18.2 Å². The van der Waals surface area contributed by atoms with Crippen LogP contribution in [0.1, 0.15) is 12.5 Å². The van der Waals surface area contributed by atoms with Crippen LogP contribution in [0, 0.1) is 16.7 Å². The third kappa shape index (κ3) is 2.02. The number of aromatic nitrogens is 1. The number of allylic oxidation sites excluding steroid dienone is 1. The summed E-state index contributed by atoms with van der Waals surface area (Å²) >= 11 is 0. The lowest BCUT2D eigenvalue weighted by Gasteiger charge is -1.92. The molecule has 0 radical (unpaired) electrons. The van der Waals surface area contributed by atoms with E-state index >= 15 is 0 Å². The first-order valence-electron chi connectivity index (χ1n) is 4.02. The molecule has 1 aromatic heterocycles. The van der Waals surface area contributed by atoms with Gasteiger partial charge in [0.15, 0.2) is 18.5 Å². The van der Waals surface area contributed by atoms with Crippen molar-refractivity contribution >= 4 is 11.6 Å². The van der Waals surface area contributed by atoms with Gasteiger partial charge in [0.05, 0.1) is 5.87 Å². The predicted octanol–water partition coefficient (Wildman–Crippen LogP) is 1.15. The standard InChI is InChI=1S/C10H10N3/c1-2-9-3-5-13(6-4-9)10(7-11)8-12/h3-6,11H,2H2,1H3/q+1. The van der Waals surface area contributed by atoms with Gasteiger partial charge in [0.1, 0.15) is 0 Å². The minimum atomic E-state index is 0.197. The summed E-state index contributed by atoms with van der Waals surface area (Å²) in [6.45, 7) is 2.07. The largest absolute Gasteiger partial charge is 0.351 e. The third-order valence-corrected chi connectivity index (χ3v) is 1.79. The first-order valence-corrected chi connectivity index (χ1v) is 4.02. The number of pyridine rings is 1. The number of nitrogens with zero attached hydrogens (tertiary/aromatic N) is 2. The fourth-order valence-corrected chi connectivity index (χ4v) is 0.992. The summed E-state index contributed by atoms with van der Waals surface area (Å²) in [5, 5.41) is 15.5. The Hall–Kier alpha value is -1.91. The highest BCUT2D eigenvalue weighted by molar-refractivity contribution is 5.80. The number of nitrogens with one attached hydrogen (secondary N) is 1. The molecule has 0 aliphatic heterocycles. The summed E-state index contributed by atoms with van der Waals surface area (Å²) in [5.74, 6) is 2.07. The molecule has 0 aliphatic rings. The summed E-state index contributed by atoms with van der Waals surface area (Å²) < 4.78 is 1.58. The van der Waals surface area contributed by atoms with Crippen LogP contribution >= 0.6 is 0 Å². The molecule has 0 amide bonds. The molecule has 13 heavy (non-hydrogen) atoms. The van der Waals surface area contributed by atoms with Gasteiger partial charge in [-0.05, 0) is 12.0 Å². The SMILES string of the molecule is CCc1cc[n+](C(=C=N)C#N)cc1. The molecule has 3 heteroatoms. The summed E-state index contributed by atoms with van der Waals surface area (Å²) in [7, 11) is 0. The molecule has 1 N–H and O–H groups in total. The summed E-state index contributed by atoms with van der Waals surface area (Å²) in [5.41, 5.74) is 1.40. The van der Waals surface area contributed by atoms with Crippen LogP contribution in [-0.4, -0.2) is 5.87 Å². The van der Waals surface area contributed by atoms with Crippen molar-refractivity contribution in [2.24, 2.45) is 0 Å². The van der Waals surface area contributed by atoms with Crippen LogP contribution in [0.3, 0.4) is 0 Å². The Bertz CT molecular complexity index is 378. The monoisotopic (exact) mass is 172 g/mol. The van der Waals surface area contributed by atoms with Gasteiger partial charge >= 0.3 is 5.70 Å². The molecule has 0 aromatic carbocycles. The van der Waals surface area contributed by atoms with E-state index in [1.165, 1.54) is 5.56 Å². The average molecular weight is 172 g/mol. The fourth-order valence-electron chi connectivity index (χ4n) is 0.992. The molecule has 1 rings (SSSR count). The minimum absolute atomic E-state index is 0.197. The lowest BCUT2D eigenvalue weighted by molar-refractivity contribution is -0.576. The molecule has 0 aliphatic carbocycles. The van der Waals surface area contributed by atoms with Gasteiger partial charge in [-0.2, -0.15) is 5.26 Å². The van der Waals surface area contributed by atoms with E-state index in [9.17, 15) is 0 Å². The Labute approximate surface area is 77.1 Å². The van der Waals surface area contributed by atoms with Crippen LogP contribution in [0.5, 0.6) is 0 Å². The molecule has 0 bridgehead atoms. The summed E-state index contributed by atoms with van der Waals surface area (Å²) in [4.78, 5) is 0. The second kappa shape index (κ2) is 4.20. The molecule has 0 saturated carbocycles. The van der Waals surface area contributed by atoms with Crippen molar-refractivity contribution in [1.29, 1.82) is 10.7 Å². The van der Waals surface area contributed by atoms with Crippen molar-refractivity contribution in [2.45, 2.75) is 13.3 Å². The van der Waals surface area contributed by atoms with Gasteiger partial charge < -0.3 is 0 Å². The molecule has 0 spiro atoms. The number of aryl methyl sites for hydroxylation is 1. The number of rotatable bonds is 2. The van der Waals surface area contributed by atoms with Crippen LogP contribution in [0.25, 0.3) is 5.70 Å². The second-order valence-corrected chi connectivity index (χ2v) is 2.55. The molecule has 1 heterocycles. The van der Waals surface area contributed by atoms with Crippen LogP contribution in [-0.2, 0) is 6.42 Å². The molecule has 1 aromatic rings. The molecule has 0 fully saturated rings. The van der Waals surface area contributed by atoms with Crippen molar-refractivity contribution in [3.63, 3.8) is 0 Å². The molecular weight excluding hydrogens is 162 g/mol. The van der Waals surface area contributed by atoms with Crippen LogP contribution in [0.15, 0.2) is 24.5 Å². The van der Waals surface area contributed by atoms with Crippen molar-refractivity contribution in [3.05, 3.63) is 30.1 Å². The highest BCUT2D eigenvalue weighted by atomic mass is 14.9. The van der Waals surface area contributed by atoms with Crippen LogP contribution < -0.4 is 4.57 Å². The maximum Gasteiger partial charge on any atom is 0.351 e. The van der Waals surface area contributed by atoms with E-state index in [-0.39, 0.29) is 5.70 Å². The van der Waals surface area contributed by atoms with Crippen LogP contribution in [0.4, 0.5) is 0 Å². The zero-order chi connectivity index (χ0) is 9.68. The van der Waals surface area contributed by atoms with Gasteiger partial charge in [0.2, 0.25) is 0 Å². The summed E-state index contributed by atoms with van der Waals surface area (Å²) in [6, 6.07) is 5.74. The van der Waals surface area contributed by atoms with Gasteiger partial charge in [-0.25, -0.2) is 0 Å². The number of nitriles is 1. The van der Waals surface area contributed by atoms with E-state index in [2.05, 4.69) is 12.8 Å². The molecule has 0 unspecified atom stereocenters. The molecule has 3 nitrogen and oxygen atoms in total. The number of hydrogen-bond donors (Lipinski definition) is 1.